The second-order valence-electron chi connectivity index (χ2n) is 9.04. The molecule has 0 unspecified atom stereocenters. The predicted molar refractivity (Wildman–Crippen MR) is 148 cm³/mol. The normalized spacial score (nSPS) is 11.4. The van der Waals surface area contributed by atoms with Gasteiger partial charge in [0.05, 0.1) is 24.0 Å². The molecule has 0 saturated carbocycles. The first-order valence-electron chi connectivity index (χ1n) is 12.2. The van der Waals surface area contributed by atoms with Gasteiger partial charge in [0.2, 0.25) is 0 Å². The Morgan fingerprint density at radius 1 is 0.897 bits per heavy atom. The summed E-state index contributed by atoms with van der Waals surface area (Å²) in [5.74, 6) is -0.372. The molecule has 9 heteroatoms. The van der Waals surface area contributed by atoms with E-state index in [4.69, 9.17) is 10.1 Å². The summed E-state index contributed by atoms with van der Waals surface area (Å²) in [6.07, 6.45) is 7.18. The van der Waals surface area contributed by atoms with Crippen molar-refractivity contribution < 1.29 is 9.18 Å². The maximum absolute atomic E-state index is 13.6. The zero-order chi connectivity index (χ0) is 26.3. The SMILES string of the molecule is O=C(Cc1cn2nc(-c3c(-c4ccc(F)cc4)nc4ccccn34)ccc2n1)c1cncc(-c2cccs2)c1. The molecule has 0 saturated heterocycles. The number of aromatic nitrogens is 6. The molecule has 0 spiro atoms. The van der Waals surface area contributed by atoms with Crippen LogP contribution in [0.1, 0.15) is 16.1 Å². The van der Waals surface area contributed by atoms with Crippen LogP contribution in [0.15, 0.2) is 103 Å². The standard InChI is InChI=1S/C30H19FN6OS/c31-22-8-6-19(7-9-22)29-30(36-12-2-1-5-27(36)34-29)24-10-11-28-33-23(18-37(28)35-24)15-25(38)20-14-21(17-32-16-20)26-4-3-13-39-26/h1-14,16-18H,15H2. The first kappa shape index (κ1) is 23.1. The minimum Gasteiger partial charge on any atom is -0.298 e. The quantitative estimate of drug-likeness (QED) is 0.233. The Balaban J connectivity index is 1.24. The van der Waals surface area contributed by atoms with Crippen molar-refractivity contribution in [1.29, 1.82) is 0 Å². The molecule has 0 N–H and O–H groups in total. The van der Waals surface area contributed by atoms with Crippen molar-refractivity contribution in [3.8, 4) is 33.1 Å². The smallest absolute Gasteiger partial charge is 0.170 e. The summed E-state index contributed by atoms with van der Waals surface area (Å²) in [4.78, 5) is 27.8. The fourth-order valence-electron chi connectivity index (χ4n) is 4.63. The lowest BCUT2D eigenvalue weighted by molar-refractivity contribution is 0.0991. The van der Waals surface area contributed by atoms with E-state index in [1.807, 2.05) is 64.5 Å². The van der Waals surface area contributed by atoms with Crippen LogP contribution < -0.4 is 0 Å². The van der Waals surface area contributed by atoms with Crippen LogP contribution in [0.2, 0.25) is 0 Å². The topological polar surface area (TPSA) is 77.5 Å². The van der Waals surface area contributed by atoms with Gasteiger partial charge in [0.15, 0.2) is 11.4 Å². The number of Topliss-reactive ketones (excluding diaryl/α,β-unsaturated/α-hetero) is 1. The van der Waals surface area contributed by atoms with Gasteiger partial charge in [0.1, 0.15) is 22.9 Å². The van der Waals surface area contributed by atoms with Crippen LogP contribution in [0, 0.1) is 5.82 Å². The van der Waals surface area contributed by atoms with E-state index in [1.165, 1.54) is 12.1 Å². The number of carbonyl (C=O) groups excluding carboxylic acids is 1. The summed E-state index contributed by atoms with van der Waals surface area (Å²) >= 11 is 1.61. The van der Waals surface area contributed by atoms with Crippen molar-refractivity contribution in [2.24, 2.45) is 0 Å². The highest BCUT2D eigenvalue weighted by Crippen LogP contribution is 2.32. The molecule has 7 nitrogen and oxygen atoms in total. The molecular weight excluding hydrogens is 511 g/mol. The van der Waals surface area contributed by atoms with Gasteiger partial charge in [-0.15, -0.1) is 11.3 Å². The predicted octanol–water partition coefficient (Wildman–Crippen LogP) is 6.40. The van der Waals surface area contributed by atoms with Crippen LogP contribution in [0.25, 0.3) is 44.4 Å². The third kappa shape index (κ3) is 4.28. The molecule has 6 heterocycles. The summed E-state index contributed by atoms with van der Waals surface area (Å²) < 4.78 is 17.3. The van der Waals surface area contributed by atoms with Crippen molar-refractivity contribution in [1.82, 2.24) is 29.0 Å². The first-order valence-corrected chi connectivity index (χ1v) is 13.1. The Labute approximate surface area is 225 Å². The first-order chi connectivity index (χ1) is 19.1. The zero-order valence-electron chi connectivity index (χ0n) is 20.4. The van der Waals surface area contributed by atoms with Gasteiger partial charge in [-0.3, -0.25) is 14.2 Å². The number of pyridine rings is 2. The second-order valence-corrected chi connectivity index (χ2v) is 9.99. The van der Waals surface area contributed by atoms with E-state index >= 15 is 0 Å². The zero-order valence-corrected chi connectivity index (χ0v) is 21.2. The van der Waals surface area contributed by atoms with Crippen LogP contribution in [-0.2, 0) is 6.42 Å². The lowest BCUT2D eigenvalue weighted by Crippen LogP contribution is -2.04. The summed E-state index contributed by atoms with van der Waals surface area (Å²) in [5, 5.41) is 6.81. The molecule has 39 heavy (non-hydrogen) atoms. The molecule has 0 aliphatic heterocycles. The molecule has 188 valence electrons. The molecule has 0 atom stereocenters. The number of halogens is 1. The summed E-state index contributed by atoms with van der Waals surface area (Å²) in [5.41, 5.74) is 6.39. The van der Waals surface area contributed by atoms with Gasteiger partial charge in [-0.25, -0.2) is 18.9 Å². The number of carbonyl (C=O) groups is 1. The number of hydrogen-bond donors (Lipinski definition) is 0. The van der Waals surface area contributed by atoms with Crippen molar-refractivity contribution in [3.63, 3.8) is 0 Å². The Hall–Kier alpha value is -5.02. The molecule has 6 aromatic heterocycles. The number of fused-ring (bicyclic) bond motifs is 2. The molecule has 0 amide bonds. The Morgan fingerprint density at radius 3 is 2.64 bits per heavy atom. The molecule has 0 fully saturated rings. The fraction of sp³-hybridized carbons (Fsp3) is 0.0333. The lowest BCUT2D eigenvalue weighted by Gasteiger charge is -2.05. The number of ketones is 1. The molecule has 7 rings (SSSR count). The average Bonchev–Trinajstić information content (AvgIpc) is 3.71. The highest BCUT2D eigenvalue weighted by Gasteiger charge is 2.19. The maximum atomic E-state index is 13.6. The molecule has 0 aliphatic carbocycles. The van der Waals surface area contributed by atoms with Gasteiger partial charge in [0, 0.05) is 40.2 Å². The van der Waals surface area contributed by atoms with E-state index < -0.39 is 0 Å². The monoisotopic (exact) mass is 530 g/mol. The van der Waals surface area contributed by atoms with E-state index in [0.29, 0.717) is 28.3 Å². The van der Waals surface area contributed by atoms with Crippen LogP contribution in [0.5, 0.6) is 0 Å². The number of thiophene rings is 1. The fourth-order valence-corrected chi connectivity index (χ4v) is 5.34. The van der Waals surface area contributed by atoms with Crippen LogP contribution in [0.3, 0.4) is 0 Å². The highest BCUT2D eigenvalue weighted by molar-refractivity contribution is 7.13. The van der Waals surface area contributed by atoms with Crippen LogP contribution in [-0.4, -0.2) is 34.7 Å². The van der Waals surface area contributed by atoms with Crippen LogP contribution in [0.4, 0.5) is 4.39 Å². The molecule has 7 aromatic rings. The average molecular weight is 531 g/mol. The minimum absolute atomic E-state index is 0.0649. The molecule has 0 radical (unpaired) electrons. The highest BCUT2D eigenvalue weighted by atomic mass is 32.1. The number of benzene rings is 1. The molecule has 0 aliphatic rings. The van der Waals surface area contributed by atoms with Gasteiger partial charge >= 0.3 is 0 Å². The number of imidazole rings is 2. The van der Waals surface area contributed by atoms with Crippen molar-refractivity contribution in [2.45, 2.75) is 6.42 Å². The van der Waals surface area contributed by atoms with E-state index in [1.54, 1.807) is 46.6 Å². The molecule has 0 bridgehead atoms. The van der Waals surface area contributed by atoms with Crippen molar-refractivity contribution in [2.75, 3.05) is 0 Å². The number of rotatable bonds is 6. The molecular formula is C30H19FN6OS. The van der Waals surface area contributed by atoms with Crippen LogP contribution >= 0.6 is 11.3 Å². The third-order valence-corrected chi connectivity index (χ3v) is 7.39. The van der Waals surface area contributed by atoms with Gasteiger partial charge in [-0.1, -0.05) is 12.1 Å². The number of hydrogen-bond acceptors (Lipinski definition) is 6. The lowest BCUT2D eigenvalue weighted by atomic mass is 10.1. The van der Waals surface area contributed by atoms with E-state index in [2.05, 4.69) is 9.97 Å². The van der Waals surface area contributed by atoms with Gasteiger partial charge in [-0.2, -0.15) is 5.10 Å². The Morgan fingerprint density at radius 2 is 1.79 bits per heavy atom. The summed E-state index contributed by atoms with van der Waals surface area (Å²) in [6.45, 7) is 0. The van der Waals surface area contributed by atoms with Gasteiger partial charge in [0.25, 0.3) is 0 Å². The Bertz CT molecular complexity index is 1980. The summed E-state index contributed by atoms with van der Waals surface area (Å²) in [6, 6.07) is 21.6. The number of nitrogens with zero attached hydrogens (tertiary/aromatic N) is 6. The summed E-state index contributed by atoms with van der Waals surface area (Å²) in [7, 11) is 0. The van der Waals surface area contributed by atoms with Crippen molar-refractivity contribution >= 4 is 28.4 Å². The third-order valence-electron chi connectivity index (χ3n) is 6.47. The van der Waals surface area contributed by atoms with E-state index in [0.717, 1.165) is 27.3 Å². The maximum Gasteiger partial charge on any atom is 0.170 e. The van der Waals surface area contributed by atoms with E-state index in [-0.39, 0.29) is 18.0 Å². The van der Waals surface area contributed by atoms with Gasteiger partial charge in [-0.05, 0) is 66.0 Å². The minimum atomic E-state index is -0.307. The van der Waals surface area contributed by atoms with Crippen molar-refractivity contribution in [3.05, 3.63) is 120 Å². The van der Waals surface area contributed by atoms with Gasteiger partial charge < -0.3 is 0 Å². The Kier molecular flexibility index (Phi) is 5.56. The molecule has 1 aromatic carbocycles. The second kappa shape index (κ2) is 9.38. The largest absolute Gasteiger partial charge is 0.298 e. The van der Waals surface area contributed by atoms with E-state index in [9.17, 15) is 9.18 Å².